The summed E-state index contributed by atoms with van der Waals surface area (Å²) < 4.78 is 0. The van der Waals surface area contributed by atoms with Crippen molar-refractivity contribution in [1.29, 1.82) is 5.26 Å². The molecule has 1 saturated heterocycles. The van der Waals surface area contributed by atoms with Gasteiger partial charge in [0.1, 0.15) is 0 Å². The molecule has 4 heteroatoms. The summed E-state index contributed by atoms with van der Waals surface area (Å²) in [5.74, 6) is 0.395. The van der Waals surface area contributed by atoms with Crippen LogP contribution in [0.3, 0.4) is 0 Å². The Bertz CT molecular complexity index is 313. The van der Waals surface area contributed by atoms with E-state index in [0.29, 0.717) is 12.5 Å². The minimum Gasteiger partial charge on any atom is -0.344 e. The van der Waals surface area contributed by atoms with Crippen LogP contribution in [0.15, 0.2) is 0 Å². The maximum Gasteiger partial charge on any atom is 0.230 e. The second-order valence-electron chi connectivity index (χ2n) is 5.45. The second kappa shape index (κ2) is 5.50. The van der Waals surface area contributed by atoms with Gasteiger partial charge in [0.05, 0.1) is 17.4 Å². The largest absolute Gasteiger partial charge is 0.344 e. The van der Waals surface area contributed by atoms with Gasteiger partial charge in [-0.05, 0) is 25.8 Å². The number of rotatable bonds is 4. The molecule has 1 aliphatic rings. The van der Waals surface area contributed by atoms with Gasteiger partial charge >= 0.3 is 0 Å². The molecule has 1 heterocycles. The SMILES string of the molecule is CC(C#N)CN(C)C(=O)C1(C(C)C)CCNC1. The Balaban J connectivity index is 2.76. The van der Waals surface area contributed by atoms with Crippen LogP contribution in [0.5, 0.6) is 0 Å². The predicted octanol–water partition coefficient (Wildman–Crippen LogP) is 1.24. The molecule has 1 N–H and O–H groups in total. The van der Waals surface area contributed by atoms with Gasteiger partial charge < -0.3 is 10.2 Å². The predicted molar refractivity (Wildman–Crippen MR) is 67.2 cm³/mol. The molecule has 0 saturated carbocycles. The van der Waals surface area contributed by atoms with E-state index >= 15 is 0 Å². The zero-order valence-electron chi connectivity index (χ0n) is 11.3. The summed E-state index contributed by atoms with van der Waals surface area (Å²) in [6.45, 7) is 8.24. The van der Waals surface area contributed by atoms with E-state index in [2.05, 4.69) is 25.2 Å². The number of carbonyl (C=O) groups excluding carboxylic acids is 1. The summed E-state index contributed by atoms with van der Waals surface area (Å²) in [6, 6.07) is 2.17. The van der Waals surface area contributed by atoms with Crippen molar-refractivity contribution in [2.24, 2.45) is 17.3 Å². The van der Waals surface area contributed by atoms with Gasteiger partial charge in [-0.1, -0.05) is 13.8 Å². The minimum atomic E-state index is -0.274. The lowest BCUT2D eigenvalue weighted by atomic mass is 9.75. The van der Waals surface area contributed by atoms with Gasteiger partial charge in [-0.15, -0.1) is 0 Å². The fraction of sp³-hybridized carbons (Fsp3) is 0.846. The van der Waals surface area contributed by atoms with E-state index in [9.17, 15) is 4.79 Å². The summed E-state index contributed by atoms with van der Waals surface area (Å²) >= 11 is 0. The summed E-state index contributed by atoms with van der Waals surface area (Å²) in [7, 11) is 1.80. The molecule has 0 aromatic carbocycles. The van der Waals surface area contributed by atoms with Gasteiger partial charge in [-0.2, -0.15) is 5.26 Å². The zero-order valence-corrected chi connectivity index (χ0v) is 11.3. The Morgan fingerprint density at radius 3 is 2.59 bits per heavy atom. The number of nitriles is 1. The van der Waals surface area contributed by atoms with Crippen LogP contribution in [-0.2, 0) is 4.79 Å². The molecule has 1 fully saturated rings. The number of nitrogens with one attached hydrogen (secondary N) is 1. The van der Waals surface area contributed by atoms with E-state index in [1.807, 2.05) is 6.92 Å². The first-order chi connectivity index (χ1) is 7.94. The van der Waals surface area contributed by atoms with Crippen LogP contribution in [0.4, 0.5) is 0 Å². The highest BCUT2D eigenvalue weighted by atomic mass is 16.2. The minimum absolute atomic E-state index is 0.109. The molecule has 1 rings (SSSR count). The fourth-order valence-electron chi connectivity index (χ4n) is 2.55. The average molecular weight is 237 g/mol. The fourth-order valence-corrected chi connectivity index (χ4v) is 2.55. The van der Waals surface area contributed by atoms with Crippen LogP contribution >= 0.6 is 0 Å². The monoisotopic (exact) mass is 237 g/mol. The molecule has 2 unspecified atom stereocenters. The Morgan fingerprint density at radius 1 is 1.53 bits per heavy atom. The van der Waals surface area contributed by atoms with Crippen molar-refractivity contribution in [2.75, 3.05) is 26.7 Å². The van der Waals surface area contributed by atoms with Crippen LogP contribution in [-0.4, -0.2) is 37.5 Å². The van der Waals surface area contributed by atoms with E-state index in [1.165, 1.54) is 0 Å². The average Bonchev–Trinajstić information content (AvgIpc) is 2.77. The molecule has 17 heavy (non-hydrogen) atoms. The summed E-state index contributed by atoms with van der Waals surface area (Å²) in [5, 5.41) is 12.1. The van der Waals surface area contributed by atoms with Crippen molar-refractivity contribution < 1.29 is 4.79 Å². The lowest BCUT2D eigenvalue weighted by Gasteiger charge is -2.35. The van der Waals surface area contributed by atoms with Crippen molar-refractivity contribution in [2.45, 2.75) is 27.2 Å². The number of hydrogen-bond acceptors (Lipinski definition) is 3. The lowest BCUT2D eigenvalue weighted by molar-refractivity contribution is -0.142. The Labute approximate surface area is 104 Å². The molecule has 1 aliphatic heterocycles. The highest BCUT2D eigenvalue weighted by Crippen LogP contribution is 2.35. The summed E-state index contributed by atoms with van der Waals surface area (Å²) in [5.41, 5.74) is -0.274. The van der Waals surface area contributed by atoms with Gasteiger partial charge in [0.2, 0.25) is 5.91 Å². The molecule has 1 amide bonds. The molecule has 0 aromatic rings. The summed E-state index contributed by atoms with van der Waals surface area (Å²) in [6.07, 6.45) is 0.898. The second-order valence-corrected chi connectivity index (χ2v) is 5.45. The smallest absolute Gasteiger partial charge is 0.230 e. The molecule has 2 atom stereocenters. The Hall–Kier alpha value is -1.08. The van der Waals surface area contributed by atoms with Crippen molar-refractivity contribution in [3.05, 3.63) is 0 Å². The maximum absolute atomic E-state index is 12.5. The van der Waals surface area contributed by atoms with Crippen molar-refractivity contribution in [1.82, 2.24) is 10.2 Å². The normalized spacial score (nSPS) is 25.6. The van der Waals surface area contributed by atoms with E-state index in [0.717, 1.165) is 19.5 Å². The number of amides is 1. The quantitative estimate of drug-likeness (QED) is 0.800. The molecule has 0 aromatic heterocycles. The van der Waals surface area contributed by atoms with Gasteiger partial charge in [0.25, 0.3) is 0 Å². The third-order valence-corrected chi connectivity index (χ3v) is 3.83. The van der Waals surface area contributed by atoms with E-state index in [1.54, 1.807) is 11.9 Å². The van der Waals surface area contributed by atoms with Crippen LogP contribution in [0.25, 0.3) is 0 Å². The molecule has 0 radical (unpaired) electrons. The lowest BCUT2D eigenvalue weighted by Crippen LogP contribution is -2.47. The molecule has 4 nitrogen and oxygen atoms in total. The first kappa shape index (κ1) is 14.0. The molecular formula is C13H23N3O. The number of carbonyl (C=O) groups is 1. The third-order valence-electron chi connectivity index (χ3n) is 3.83. The van der Waals surface area contributed by atoms with E-state index in [4.69, 9.17) is 5.26 Å². The first-order valence-electron chi connectivity index (χ1n) is 6.30. The molecule has 0 aliphatic carbocycles. The van der Waals surface area contributed by atoms with Gasteiger partial charge in [-0.25, -0.2) is 0 Å². The number of nitrogens with zero attached hydrogens (tertiary/aromatic N) is 2. The van der Waals surface area contributed by atoms with E-state index in [-0.39, 0.29) is 17.2 Å². The van der Waals surface area contributed by atoms with Crippen LogP contribution < -0.4 is 5.32 Å². The Kier molecular flexibility index (Phi) is 4.53. The number of hydrogen-bond donors (Lipinski definition) is 1. The molecule has 96 valence electrons. The topological polar surface area (TPSA) is 56.1 Å². The van der Waals surface area contributed by atoms with Gasteiger partial charge in [0, 0.05) is 20.1 Å². The molecule has 0 spiro atoms. The van der Waals surface area contributed by atoms with Crippen LogP contribution in [0, 0.1) is 28.6 Å². The van der Waals surface area contributed by atoms with Gasteiger partial charge in [0.15, 0.2) is 0 Å². The highest BCUT2D eigenvalue weighted by Gasteiger charge is 2.45. The van der Waals surface area contributed by atoms with Crippen molar-refractivity contribution in [3.63, 3.8) is 0 Å². The van der Waals surface area contributed by atoms with E-state index < -0.39 is 0 Å². The standard InChI is InChI=1S/C13H23N3O/c1-10(2)13(5-6-15-9-13)12(17)16(4)8-11(3)7-14/h10-11,15H,5-6,8-9H2,1-4H3. The molecular weight excluding hydrogens is 214 g/mol. The molecule has 0 bridgehead atoms. The highest BCUT2D eigenvalue weighted by molar-refractivity contribution is 5.83. The maximum atomic E-state index is 12.5. The zero-order chi connectivity index (χ0) is 13.1. The first-order valence-corrected chi connectivity index (χ1v) is 6.30. The van der Waals surface area contributed by atoms with Crippen molar-refractivity contribution >= 4 is 5.91 Å². The van der Waals surface area contributed by atoms with Crippen LogP contribution in [0.2, 0.25) is 0 Å². The van der Waals surface area contributed by atoms with Crippen molar-refractivity contribution in [3.8, 4) is 6.07 Å². The third kappa shape index (κ3) is 2.78. The Morgan fingerprint density at radius 2 is 2.18 bits per heavy atom. The summed E-state index contributed by atoms with van der Waals surface area (Å²) in [4.78, 5) is 14.3. The van der Waals surface area contributed by atoms with Gasteiger partial charge in [-0.3, -0.25) is 4.79 Å². The van der Waals surface area contributed by atoms with Crippen LogP contribution in [0.1, 0.15) is 27.2 Å².